The topological polar surface area (TPSA) is 58.6 Å². The second-order valence-electron chi connectivity index (χ2n) is 5.90. The molecule has 27 heavy (non-hydrogen) atoms. The molecule has 142 valence electrons. The molecule has 0 aliphatic carbocycles. The van der Waals surface area contributed by atoms with Crippen LogP contribution in [0.3, 0.4) is 0 Å². The molecular weight excluding hydrogens is 408 g/mol. The van der Waals surface area contributed by atoms with Crippen LogP contribution in [0.1, 0.15) is 25.0 Å². The number of para-hydroxylation sites is 1. The summed E-state index contributed by atoms with van der Waals surface area (Å²) in [5.41, 5.74) is 2.37. The summed E-state index contributed by atoms with van der Waals surface area (Å²) >= 11 is 3.41. The van der Waals surface area contributed by atoms with Crippen molar-refractivity contribution >= 4 is 39.5 Å². The van der Waals surface area contributed by atoms with Crippen molar-refractivity contribution in [3.8, 4) is 5.75 Å². The summed E-state index contributed by atoms with van der Waals surface area (Å²) in [5, 5.41) is 2.89. The Morgan fingerprint density at radius 2 is 1.96 bits per heavy atom. The van der Waals surface area contributed by atoms with E-state index in [1.165, 1.54) is 6.08 Å². The highest BCUT2D eigenvalue weighted by Gasteiger charge is 2.11. The van der Waals surface area contributed by atoms with Gasteiger partial charge in [-0.1, -0.05) is 34.1 Å². The fourth-order valence-electron chi connectivity index (χ4n) is 2.61. The predicted molar refractivity (Wildman–Crippen MR) is 112 cm³/mol. The van der Waals surface area contributed by atoms with Crippen LogP contribution in [-0.4, -0.2) is 30.4 Å². The number of hydrogen-bond donors (Lipinski definition) is 1. The van der Waals surface area contributed by atoms with Gasteiger partial charge >= 0.3 is 0 Å². The van der Waals surface area contributed by atoms with Gasteiger partial charge in [-0.3, -0.25) is 9.59 Å². The first-order valence-corrected chi connectivity index (χ1v) is 9.40. The number of nitrogens with zero attached hydrogens (tertiary/aromatic N) is 1. The number of amides is 2. The van der Waals surface area contributed by atoms with E-state index in [-0.39, 0.29) is 11.8 Å². The Hall–Kier alpha value is -2.60. The maximum absolute atomic E-state index is 12.4. The number of methoxy groups -OCH3 is 1. The summed E-state index contributed by atoms with van der Waals surface area (Å²) in [6, 6.07) is 13.1. The Labute approximate surface area is 168 Å². The molecule has 6 heteroatoms. The van der Waals surface area contributed by atoms with Crippen molar-refractivity contribution < 1.29 is 14.3 Å². The Bertz CT molecular complexity index is 849. The molecule has 5 nitrogen and oxygen atoms in total. The molecule has 0 aromatic heterocycles. The van der Waals surface area contributed by atoms with Crippen LogP contribution in [0.5, 0.6) is 5.75 Å². The number of ether oxygens (including phenoxy) is 1. The number of carbonyl (C=O) groups excluding carboxylic acids is 2. The lowest BCUT2D eigenvalue weighted by Crippen LogP contribution is -2.28. The van der Waals surface area contributed by atoms with Gasteiger partial charge in [-0.05, 0) is 42.8 Å². The third-order valence-corrected chi connectivity index (χ3v) is 4.56. The lowest BCUT2D eigenvalue weighted by molar-refractivity contribution is -0.129. The normalized spacial score (nSPS) is 10.7. The van der Waals surface area contributed by atoms with E-state index >= 15 is 0 Å². The maximum Gasteiger partial charge on any atom is 0.248 e. The van der Waals surface area contributed by atoms with Gasteiger partial charge in [-0.25, -0.2) is 0 Å². The van der Waals surface area contributed by atoms with E-state index in [0.29, 0.717) is 24.5 Å². The van der Waals surface area contributed by atoms with Crippen molar-refractivity contribution in [3.05, 3.63) is 64.1 Å². The fraction of sp³-hybridized carbons (Fsp3) is 0.238. The molecule has 2 amide bonds. The largest absolute Gasteiger partial charge is 0.496 e. The third-order valence-electron chi connectivity index (χ3n) is 4.07. The van der Waals surface area contributed by atoms with Crippen LogP contribution >= 0.6 is 15.9 Å². The summed E-state index contributed by atoms with van der Waals surface area (Å²) in [7, 11) is 1.59. The average Bonchev–Trinajstić information content (AvgIpc) is 2.65. The van der Waals surface area contributed by atoms with Crippen molar-refractivity contribution in [2.45, 2.75) is 20.4 Å². The molecule has 0 fully saturated rings. The number of rotatable bonds is 7. The van der Waals surface area contributed by atoms with Crippen LogP contribution in [0.25, 0.3) is 6.08 Å². The monoisotopic (exact) mass is 430 g/mol. The maximum atomic E-state index is 12.4. The van der Waals surface area contributed by atoms with E-state index in [0.717, 1.165) is 15.6 Å². The molecule has 0 saturated carbocycles. The molecule has 0 unspecified atom stereocenters. The minimum Gasteiger partial charge on any atom is -0.496 e. The second kappa shape index (κ2) is 9.92. The van der Waals surface area contributed by atoms with E-state index in [4.69, 9.17) is 4.74 Å². The quantitative estimate of drug-likeness (QED) is 0.658. The summed E-state index contributed by atoms with van der Waals surface area (Å²) < 4.78 is 6.21. The average molecular weight is 431 g/mol. The SMILES string of the molecule is CCN(Cc1ccccc1NC(=O)/C=C/c1cc(Br)ccc1OC)C(C)=O. The molecule has 2 aromatic rings. The van der Waals surface area contributed by atoms with Gasteiger partial charge in [-0.2, -0.15) is 0 Å². The highest BCUT2D eigenvalue weighted by molar-refractivity contribution is 9.10. The van der Waals surface area contributed by atoms with Gasteiger partial charge in [0, 0.05) is 41.8 Å². The van der Waals surface area contributed by atoms with Crippen LogP contribution in [0.15, 0.2) is 53.0 Å². The molecule has 2 rings (SSSR count). The van der Waals surface area contributed by atoms with Gasteiger partial charge in [0.15, 0.2) is 0 Å². The fourth-order valence-corrected chi connectivity index (χ4v) is 2.99. The van der Waals surface area contributed by atoms with Crippen LogP contribution in [0.4, 0.5) is 5.69 Å². The zero-order valence-corrected chi connectivity index (χ0v) is 17.2. The van der Waals surface area contributed by atoms with Crippen molar-refractivity contribution in [1.29, 1.82) is 0 Å². The summed E-state index contributed by atoms with van der Waals surface area (Å²) in [4.78, 5) is 25.8. The summed E-state index contributed by atoms with van der Waals surface area (Å²) in [5.74, 6) is 0.429. The van der Waals surface area contributed by atoms with Crippen molar-refractivity contribution in [3.63, 3.8) is 0 Å². The molecule has 0 aliphatic rings. The van der Waals surface area contributed by atoms with Crippen molar-refractivity contribution in [2.75, 3.05) is 19.0 Å². The van der Waals surface area contributed by atoms with Crippen LogP contribution in [-0.2, 0) is 16.1 Å². The van der Waals surface area contributed by atoms with E-state index in [1.807, 2.05) is 49.4 Å². The van der Waals surface area contributed by atoms with Gasteiger partial charge in [0.25, 0.3) is 0 Å². The van der Waals surface area contributed by atoms with Crippen LogP contribution < -0.4 is 10.1 Å². The van der Waals surface area contributed by atoms with E-state index in [2.05, 4.69) is 21.2 Å². The standard InChI is InChI=1S/C21H23BrN2O3/c1-4-24(15(2)25)14-17-7-5-6-8-19(17)23-21(26)12-9-16-13-18(22)10-11-20(16)27-3/h5-13H,4,14H2,1-3H3,(H,23,26)/b12-9+. The van der Waals surface area contributed by atoms with Crippen molar-refractivity contribution in [1.82, 2.24) is 4.90 Å². The Balaban J connectivity index is 2.15. The molecule has 0 radical (unpaired) electrons. The van der Waals surface area contributed by atoms with Gasteiger partial charge in [0.05, 0.1) is 7.11 Å². The van der Waals surface area contributed by atoms with E-state index in [1.54, 1.807) is 25.0 Å². The van der Waals surface area contributed by atoms with Gasteiger partial charge < -0.3 is 15.0 Å². The number of hydrogen-bond acceptors (Lipinski definition) is 3. The van der Waals surface area contributed by atoms with Gasteiger partial charge in [-0.15, -0.1) is 0 Å². The van der Waals surface area contributed by atoms with Gasteiger partial charge in [0.2, 0.25) is 11.8 Å². The zero-order chi connectivity index (χ0) is 19.8. The number of halogens is 1. The molecule has 0 spiro atoms. The zero-order valence-electron chi connectivity index (χ0n) is 15.7. The van der Waals surface area contributed by atoms with E-state index in [9.17, 15) is 9.59 Å². The van der Waals surface area contributed by atoms with E-state index < -0.39 is 0 Å². The second-order valence-corrected chi connectivity index (χ2v) is 6.81. The summed E-state index contributed by atoms with van der Waals surface area (Å²) in [6.07, 6.45) is 3.17. The molecule has 0 bridgehead atoms. The Morgan fingerprint density at radius 1 is 1.22 bits per heavy atom. The first-order chi connectivity index (χ1) is 12.9. The predicted octanol–water partition coefficient (Wildman–Crippen LogP) is 4.48. The van der Waals surface area contributed by atoms with Crippen molar-refractivity contribution in [2.24, 2.45) is 0 Å². The lowest BCUT2D eigenvalue weighted by Gasteiger charge is -2.20. The minimum atomic E-state index is -0.254. The summed E-state index contributed by atoms with van der Waals surface area (Å²) in [6.45, 7) is 4.53. The third kappa shape index (κ3) is 5.96. The molecule has 2 aromatic carbocycles. The highest BCUT2D eigenvalue weighted by Crippen LogP contribution is 2.24. The van der Waals surface area contributed by atoms with Gasteiger partial charge in [0.1, 0.15) is 5.75 Å². The van der Waals surface area contributed by atoms with Crippen LogP contribution in [0.2, 0.25) is 0 Å². The Morgan fingerprint density at radius 3 is 2.63 bits per heavy atom. The molecule has 0 aliphatic heterocycles. The number of anilines is 1. The first-order valence-electron chi connectivity index (χ1n) is 8.60. The Kier molecular flexibility index (Phi) is 7.61. The molecule has 0 saturated heterocycles. The molecular formula is C21H23BrN2O3. The molecule has 0 atom stereocenters. The number of carbonyl (C=O) groups is 2. The smallest absolute Gasteiger partial charge is 0.248 e. The highest BCUT2D eigenvalue weighted by atomic mass is 79.9. The van der Waals surface area contributed by atoms with Crippen LogP contribution in [0, 0.1) is 0 Å². The minimum absolute atomic E-state index is 0.000255. The number of nitrogens with one attached hydrogen (secondary N) is 1. The molecule has 0 heterocycles. The number of benzene rings is 2. The first kappa shape index (κ1) is 20.7. The molecule has 1 N–H and O–H groups in total. The lowest BCUT2D eigenvalue weighted by atomic mass is 10.1.